The number of nitrogens with one attached hydrogen (secondary N) is 1. The van der Waals surface area contributed by atoms with Crippen molar-refractivity contribution >= 4 is 62.1 Å². The van der Waals surface area contributed by atoms with E-state index in [1.165, 1.54) is 32.4 Å². The van der Waals surface area contributed by atoms with Crippen molar-refractivity contribution < 1.29 is 22.7 Å². The van der Waals surface area contributed by atoms with Crippen molar-refractivity contribution in [1.29, 1.82) is 0 Å². The highest BCUT2D eigenvalue weighted by atomic mass is 35.5. The first kappa shape index (κ1) is 26.0. The number of nitrogens with zero attached hydrogens (tertiary/aromatic N) is 1. The third-order valence-corrected chi connectivity index (χ3v) is 6.77. The summed E-state index contributed by atoms with van der Waals surface area (Å²) in [5.74, 6) is -0.127. The van der Waals surface area contributed by atoms with Crippen LogP contribution < -0.4 is 19.1 Å². The predicted molar refractivity (Wildman–Crippen MR) is 136 cm³/mol. The minimum Gasteiger partial charge on any atom is -0.493 e. The molecule has 0 unspecified atom stereocenters. The van der Waals surface area contributed by atoms with E-state index in [0.29, 0.717) is 15.6 Å². The van der Waals surface area contributed by atoms with Crippen LogP contribution in [-0.4, -0.2) is 34.8 Å². The van der Waals surface area contributed by atoms with E-state index in [9.17, 15) is 13.2 Å². The fourth-order valence-electron chi connectivity index (χ4n) is 3.18. The number of hydrogen-bond donors (Lipinski definition) is 1. The number of rotatable bonds is 8. The van der Waals surface area contributed by atoms with Gasteiger partial charge in [0, 0.05) is 16.1 Å². The van der Waals surface area contributed by atoms with E-state index in [-0.39, 0.29) is 40.0 Å². The molecule has 0 bridgehead atoms. The predicted octanol–water partition coefficient (Wildman–Crippen LogP) is 5.88. The third-order valence-electron chi connectivity index (χ3n) is 4.83. The van der Waals surface area contributed by atoms with Crippen LogP contribution in [0.4, 0.5) is 11.4 Å². The molecular weight excluding hydrogens is 523 g/mol. The minimum absolute atomic E-state index is 0.0214. The van der Waals surface area contributed by atoms with Gasteiger partial charge in [-0.05, 0) is 42.0 Å². The number of carbonyl (C=O) groups is 1. The van der Waals surface area contributed by atoms with E-state index in [1.807, 2.05) is 0 Å². The van der Waals surface area contributed by atoms with Gasteiger partial charge in [0.2, 0.25) is 10.0 Å². The average molecular weight is 544 g/mol. The lowest BCUT2D eigenvalue weighted by molar-refractivity contribution is 0.102. The standard InChI is InChI=1S/C23H21Cl3N2O5S/c1-32-21-11-17(23(29)27-19-10-16(25)8-9-18(19)26)20(12-22(21)33-2)28(34(3,30)31)13-14-4-6-15(24)7-5-14/h4-12H,13H2,1-3H3,(H,27,29). The summed E-state index contributed by atoms with van der Waals surface area (Å²) < 4.78 is 37.5. The van der Waals surface area contributed by atoms with E-state index in [4.69, 9.17) is 44.3 Å². The van der Waals surface area contributed by atoms with Crippen molar-refractivity contribution in [2.45, 2.75) is 6.54 Å². The van der Waals surface area contributed by atoms with Crippen LogP contribution in [0.2, 0.25) is 15.1 Å². The van der Waals surface area contributed by atoms with Gasteiger partial charge in [-0.15, -0.1) is 0 Å². The van der Waals surface area contributed by atoms with Crippen LogP contribution in [0.1, 0.15) is 15.9 Å². The van der Waals surface area contributed by atoms with Gasteiger partial charge in [-0.25, -0.2) is 8.42 Å². The normalized spacial score (nSPS) is 11.1. The van der Waals surface area contributed by atoms with Crippen molar-refractivity contribution in [2.75, 3.05) is 30.1 Å². The molecule has 1 amide bonds. The topological polar surface area (TPSA) is 84.9 Å². The Morgan fingerprint density at radius 2 is 1.50 bits per heavy atom. The van der Waals surface area contributed by atoms with Gasteiger partial charge in [0.1, 0.15) is 0 Å². The smallest absolute Gasteiger partial charge is 0.257 e. The molecule has 0 aliphatic rings. The molecule has 0 radical (unpaired) electrons. The van der Waals surface area contributed by atoms with Crippen molar-refractivity contribution in [3.63, 3.8) is 0 Å². The van der Waals surface area contributed by atoms with Crippen molar-refractivity contribution in [2.24, 2.45) is 0 Å². The number of benzene rings is 3. The molecule has 1 N–H and O–H groups in total. The summed E-state index contributed by atoms with van der Waals surface area (Å²) in [5, 5.41) is 3.83. The molecule has 0 heterocycles. The Morgan fingerprint density at radius 3 is 2.09 bits per heavy atom. The Hall–Kier alpha value is -2.65. The van der Waals surface area contributed by atoms with Crippen LogP contribution >= 0.6 is 34.8 Å². The van der Waals surface area contributed by atoms with E-state index in [0.717, 1.165) is 10.6 Å². The quantitative estimate of drug-likeness (QED) is 0.383. The SMILES string of the molecule is COc1cc(C(=O)Nc2cc(Cl)ccc2Cl)c(N(Cc2ccc(Cl)cc2)S(C)(=O)=O)cc1OC. The molecule has 34 heavy (non-hydrogen) atoms. The van der Waals surface area contributed by atoms with E-state index in [1.54, 1.807) is 36.4 Å². The van der Waals surface area contributed by atoms with Gasteiger partial charge in [0.05, 0.1) is 49.0 Å². The maximum atomic E-state index is 13.3. The van der Waals surface area contributed by atoms with Gasteiger partial charge in [-0.2, -0.15) is 0 Å². The summed E-state index contributed by atoms with van der Waals surface area (Å²) in [6.07, 6.45) is 1.05. The van der Waals surface area contributed by atoms with Gasteiger partial charge in [-0.1, -0.05) is 46.9 Å². The molecule has 0 aliphatic heterocycles. The van der Waals surface area contributed by atoms with Crippen LogP contribution in [0, 0.1) is 0 Å². The summed E-state index contributed by atoms with van der Waals surface area (Å²) in [5.41, 5.74) is 1.04. The second-order valence-electron chi connectivity index (χ2n) is 7.20. The fourth-order valence-corrected chi connectivity index (χ4v) is 4.53. The molecule has 180 valence electrons. The van der Waals surface area contributed by atoms with Crippen molar-refractivity contribution in [3.8, 4) is 11.5 Å². The molecule has 0 atom stereocenters. The van der Waals surface area contributed by atoms with Crippen LogP contribution in [0.15, 0.2) is 54.6 Å². The fraction of sp³-hybridized carbons (Fsp3) is 0.174. The summed E-state index contributed by atoms with van der Waals surface area (Å²) in [6.45, 7) is -0.0519. The zero-order valence-corrected chi connectivity index (χ0v) is 21.5. The van der Waals surface area contributed by atoms with Crippen molar-refractivity contribution in [3.05, 3.63) is 80.8 Å². The van der Waals surface area contributed by atoms with E-state index >= 15 is 0 Å². The van der Waals surface area contributed by atoms with Crippen molar-refractivity contribution in [1.82, 2.24) is 0 Å². The lowest BCUT2D eigenvalue weighted by Gasteiger charge is -2.26. The number of ether oxygens (including phenoxy) is 2. The Bertz CT molecular complexity index is 1310. The number of sulfonamides is 1. The zero-order chi connectivity index (χ0) is 25.0. The molecule has 0 aliphatic carbocycles. The first-order chi connectivity index (χ1) is 16.0. The first-order valence-corrected chi connectivity index (χ1v) is 12.8. The number of amides is 1. The number of carbonyl (C=O) groups excluding carboxylic acids is 1. The Balaban J connectivity index is 2.15. The summed E-state index contributed by atoms with van der Waals surface area (Å²) >= 11 is 18.2. The molecule has 3 rings (SSSR count). The third kappa shape index (κ3) is 6.07. The maximum Gasteiger partial charge on any atom is 0.257 e. The second-order valence-corrected chi connectivity index (χ2v) is 10.4. The lowest BCUT2D eigenvalue weighted by atomic mass is 10.1. The van der Waals surface area contributed by atoms with Crippen LogP contribution in [-0.2, 0) is 16.6 Å². The highest BCUT2D eigenvalue weighted by Crippen LogP contribution is 2.38. The van der Waals surface area contributed by atoms with E-state index in [2.05, 4.69) is 5.32 Å². The molecule has 3 aromatic carbocycles. The molecule has 3 aromatic rings. The van der Waals surface area contributed by atoms with E-state index < -0.39 is 15.9 Å². The molecule has 7 nitrogen and oxygen atoms in total. The van der Waals surface area contributed by atoms with Gasteiger partial charge in [-0.3, -0.25) is 9.10 Å². The monoisotopic (exact) mass is 542 g/mol. The largest absolute Gasteiger partial charge is 0.493 e. The Labute approximate surface area is 213 Å². The van der Waals surface area contributed by atoms with Gasteiger partial charge in [0.15, 0.2) is 11.5 Å². The molecule has 11 heteroatoms. The number of hydrogen-bond acceptors (Lipinski definition) is 5. The minimum atomic E-state index is -3.84. The van der Waals surface area contributed by atoms with Gasteiger partial charge >= 0.3 is 0 Å². The molecule has 0 aromatic heterocycles. The Kier molecular flexibility index (Phi) is 8.20. The molecule has 0 fully saturated rings. The highest BCUT2D eigenvalue weighted by molar-refractivity contribution is 7.92. The average Bonchev–Trinajstić information content (AvgIpc) is 2.79. The molecule has 0 saturated carbocycles. The van der Waals surface area contributed by atoms with Crippen LogP contribution in [0.3, 0.4) is 0 Å². The van der Waals surface area contributed by atoms with Crippen LogP contribution in [0.25, 0.3) is 0 Å². The summed E-state index contributed by atoms with van der Waals surface area (Å²) in [4.78, 5) is 13.3. The molecule has 0 spiro atoms. The second kappa shape index (κ2) is 10.7. The lowest BCUT2D eigenvalue weighted by Crippen LogP contribution is -2.31. The highest BCUT2D eigenvalue weighted by Gasteiger charge is 2.27. The molecule has 0 saturated heterocycles. The summed E-state index contributed by atoms with van der Waals surface area (Å²) in [6, 6.07) is 14.2. The molecular formula is C23H21Cl3N2O5S. The maximum absolute atomic E-state index is 13.3. The number of halogens is 3. The number of anilines is 2. The Morgan fingerprint density at radius 1 is 0.912 bits per heavy atom. The first-order valence-electron chi connectivity index (χ1n) is 9.78. The summed E-state index contributed by atoms with van der Waals surface area (Å²) in [7, 11) is -1.01. The zero-order valence-electron chi connectivity index (χ0n) is 18.4. The van der Waals surface area contributed by atoms with Crippen LogP contribution in [0.5, 0.6) is 11.5 Å². The van der Waals surface area contributed by atoms with Gasteiger partial charge in [0.25, 0.3) is 5.91 Å². The number of methoxy groups -OCH3 is 2. The van der Waals surface area contributed by atoms with Gasteiger partial charge < -0.3 is 14.8 Å².